The Labute approximate surface area is 156 Å². The van der Waals surface area contributed by atoms with Gasteiger partial charge in [0.15, 0.2) is 6.10 Å². The fourth-order valence-electron chi connectivity index (χ4n) is 3.42. The molecule has 1 aromatic carbocycles. The van der Waals surface area contributed by atoms with Crippen LogP contribution < -0.4 is 0 Å². The Kier molecular flexibility index (Phi) is 4.54. The molecule has 2 aromatic heterocycles. The molecule has 0 radical (unpaired) electrons. The van der Waals surface area contributed by atoms with E-state index in [0.717, 1.165) is 24.1 Å². The number of ether oxygens (including phenoxy) is 1. The van der Waals surface area contributed by atoms with Gasteiger partial charge in [-0.15, -0.1) is 0 Å². The number of aromatic nitrogens is 3. The SMILES string of the molecule is Cc1c(C(=O)OC2CCCc3ccccc3C2=O)cnn1-c1ccncc1. The van der Waals surface area contributed by atoms with E-state index >= 15 is 0 Å². The van der Waals surface area contributed by atoms with E-state index < -0.39 is 12.1 Å². The van der Waals surface area contributed by atoms with Crippen LogP contribution in [0.3, 0.4) is 0 Å². The van der Waals surface area contributed by atoms with Crippen LogP contribution in [0, 0.1) is 6.92 Å². The predicted molar refractivity (Wildman–Crippen MR) is 99.0 cm³/mol. The molecule has 0 N–H and O–H groups in total. The molecule has 0 aliphatic heterocycles. The van der Waals surface area contributed by atoms with Gasteiger partial charge in [0.05, 0.1) is 17.6 Å². The zero-order valence-corrected chi connectivity index (χ0v) is 15.0. The average Bonchev–Trinajstić information content (AvgIpc) is 3.01. The predicted octanol–water partition coefficient (Wildman–Crippen LogP) is 3.32. The molecule has 6 nitrogen and oxygen atoms in total. The van der Waals surface area contributed by atoms with Gasteiger partial charge in [0.25, 0.3) is 0 Å². The second-order valence-corrected chi connectivity index (χ2v) is 6.57. The van der Waals surface area contributed by atoms with Crippen molar-refractivity contribution in [3.8, 4) is 5.69 Å². The third-order valence-corrected chi connectivity index (χ3v) is 4.87. The summed E-state index contributed by atoms with van der Waals surface area (Å²) in [5, 5.41) is 4.28. The summed E-state index contributed by atoms with van der Waals surface area (Å²) in [6.07, 6.45) is 6.19. The first-order valence-electron chi connectivity index (χ1n) is 8.93. The first-order chi connectivity index (χ1) is 13.1. The van der Waals surface area contributed by atoms with Crippen LogP contribution in [0.1, 0.15) is 44.8 Å². The molecule has 0 saturated heterocycles. The first-order valence-corrected chi connectivity index (χ1v) is 8.93. The number of benzene rings is 1. The largest absolute Gasteiger partial charge is 0.450 e. The minimum Gasteiger partial charge on any atom is -0.450 e. The van der Waals surface area contributed by atoms with Crippen molar-refractivity contribution in [3.05, 3.63) is 77.4 Å². The fraction of sp³-hybridized carbons (Fsp3) is 0.238. The monoisotopic (exact) mass is 361 g/mol. The summed E-state index contributed by atoms with van der Waals surface area (Å²) in [7, 11) is 0. The molecule has 0 amide bonds. The number of nitrogens with zero attached hydrogens (tertiary/aromatic N) is 3. The second-order valence-electron chi connectivity index (χ2n) is 6.57. The van der Waals surface area contributed by atoms with Gasteiger partial charge in [0, 0.05) is 18.0 Å². The van der Waals surface area contributed by atoms with Crippen LogP contribution in [0.5, 0.6) is 0 Å². The lowest BCUT2D eigenvalue weighted by molar-refractivity contribution is 0.0268. The zero-order valence-electron chi connectivity index (χ0n) is 15.0. The van der Waals surface area contributed by atoms with Crippen LogP contribution in [0.2, 0.25) is 0 Å². The van der Waals surface area contributed by atoms with Crippen molar-refractivity contribution >= 4 is 11.8 Å². The molecule has 4 rings (SSSR count). The molecule has 1 aliphatic carbocycles. The molecule has 27 heavy (non-hydrogen) atoms. The number of esters is 1. The van der Waals surface area contributed by atoms with Crippen molar-refractivity contribution in [2.24, 2.45) is 0 Å². The minimum absolute atomic E-state index is 0.129. The number of carbonyl (C=O) groups is 2. The Morgan fingerprint density at radius 3 is 2.78 bits per heavy atom. The van der Waals surface area contributed by atoms with E-state index in [1.807, 2.05) is 18.2 Å². The van der Waals surface area contributed by atoms with Crippen molar-refractivity contribution < 1.29 is 14.3 Å². The number of fused-ring (bicyclic) bond motifs is 1. The minimum atomic E-state index is -0.759. The van der Waals surface area contributed by atoms with E-state index in [2.05, 4.69) is 10.1 Å². The van der Waals surface area contributed by atoms with Gasteiger partial charge >= 0.3 is 5.97 Å². The molecule has 1 atom stereocenters. The highest BCUT2D eigenvalue weighted by atomic mass is 16.5. The summed E-state index contributed by atoms with van der Waals surface area (Å²) in [5.41, 5.74) is 3.49. The highest BCUT2D eigenvalue weighted by molar-refractivity contribution is 6.03. The van der Waals surface area contributed by atoms with Crippen molar-refractivity contribution in [2.75, 3.05) is 0 Å². The summed E-state index contributed by atoms with van der Waals surface area (Å²) >= 11 is 0. The molecule has 136 valence electrons. The maximum atomic E-state index is 12.8. The standard InChI is InChI=1S/C21H19N3O3/c1-14-18(13-23-24(14)16-9-11-22-12-10-16)21(26)27-19-8-4-6-15-5-2-3-7-17(15)20(19)25/h2-3,5,7,9-13,19H,4,6,8H2,1H3. The lowest BCUT2D eigenvalue weighted by atomic mass is 10.0. The average molecular weight is 361 g/mol. The second kappa shape index (κ2) is 7.15. The molecular formula is C21H19N3O3. The van der Waals surface area contributed by atoms with Crippen molar-refractivity contribution in [1.29, 1.82) is 0 Å². The summed E-state index contributed by atoms with van der Waals surface area (Å²) < 4.78 is 7.26. The van der Waals surface area contributed by atoms with E-state index in [9.17, 15) is 9.59 Å². The number of ketones is 1. The summed E-state index contributed by atoms with van der Waals surface area (Å²) in [4.78, 5) is 29.5. The van der Waals surface area contributed by atoms with Gasteiger partial charge in [-0.25, -0.2) is 9.48 Å². The molecule has 6 heteroatoms. The van der Waals surface area contributed by atoms with Crippen LogP contribution in [0.15, 0.2) is 55.0 Å². The molecule has 0 saturated carbocycles. The van der Waals surface area contributed by atoms with Gasteiger partial charge in [-0.3, -0.25) is 9.78 Å². The van der Waals surface area contributed by atoms with Crippen LogP contribution in [0.4, 0.5) is 0 Å². The van der Waals surface area contributed by atoms with Gasteiger partial charge in [-0.05, 0) is 43.9 Å². The Balaban J connectivity index is 1.56. The van der Waals surface area contributed by atoms with Gasteiger partial charge in [-0.1, -0.05) is 24.3 Å². The smallest absolute Gasteiger partial charge is 0.342 e. The number of Topliss-reactive ketones (excluding diaryl/α,β-unsaturated/α-hetero) is 1. The van der Waals surface area contributed by atoms with E-state index in [4.69, 9.17) is 4.74 Å². The number of carbonyl (C=O) groups excluding carboxylic acids is 2. The first kappa shape index (κ1) is 17.1. The summed E-state index contributed by atoms with van der Waals surface area (Å²) in [5.74, 6) is -0.652. The van der Waals surface area contributed by atoms with Crippen LogP contribution >= 0.6 is 0 Å². The summed E-state index contributed by atoms with van der Waals surface area (Å²) in [6.45, 7) is 1.80. The van der Waals surface area contributed by atoms with Crippen LogP contribution in [-0.2, 0) is 11.2 Å². The quantitative estimate of drug-likeness (QED) is 0.528. The van der Waals surface area contributed by atoms with Gasteiger partial charge < -0.3 is 4.74 Å². The molecule has 2 heterocycles. The third kappa shape index (κ3) is 3.26. The topological polar surface area (TPSA) is 74.1 Å². The van der Waals surface area contributed by atoms with E-state index in [-0.39, 0.29) is 5.78 Å². The number of rotatable bonds is 3. The Hall–Kier alpha value is -3.28. The molecule has 0 spiro atoms. The molecule has 1 aliphatic rings. The Morgan fingerprint density at radius 2 is 1.96 bits per heavy atom. The van der Waals surface area contributed by atoms with E-state index in [1.165, 1.54) is 6.20 Å². The maximum Gasteiger partial charge on any atom is 0.342 e. The maximum absolute atomic E-state index is 12.8. The van der Waals surface area contributed by atoms with Gasteiger partial charge in [0.2, 0.25) is 5.78 Å². The van der Waals surface area contributed by atoms with Crippen molar-refractivity contribution in [2.45, 2.75) is 32.3 Å². The Bertz CT molecular complexity index is 995. The fourth-order valence-corrected chi connectivity index (χ4v) is 3.42. The van der Waals surface area contributed by atoms with Gasteiger partial charge in [-0.2, -0.15) is 5.10 Å². The third-order valence-electron chi connectivity index (χ3n) is 4.87. The van der Waals surface area contributed by atoms with Crippen molar-refractivity contribution in [3.63, 3.8) is 0 Å². The number of hydrogen-bond donors (Lipinski definition) is 0. The molecule has 3 aromatic rings. The lowest BCUT2D eigenvalue weighted by Gasteiger charge is -2.15. The highest BCUT2D eigenvalue weighted by Crippen LogP contribution is 2.24. The highest BCUT2D eigenvalue weighted by Gasteiger charge is 2.29. The van der Waals surface area contributed by atoms with Crippen LogP contribution in [0.25, 0.3) is 5.69 Å². The summed E-state index contributed by atoms with van der Waals surface area (Å²) in [6, 6.07) is 11.1. The van der Waals surface area contributed by atoms with Gasteiger partial charge in [0.1, 0.15) is 5.56 Å². The van der Waals surface area contributed by atoms with Crippen LogP contribution in [-0.4, -0.2) is 32.6 Å². The van der Waals surface area contributed by atoms with E-state index in [1.54, 1.807) is 42.2 Å². The Morgan fingerprint density at radius 1 is 1.19 bits per heavy atom. The molecular weight excluding hydrogens is 342 g/mol. The van der Waals surface area contributed by atoms with E-state index in [0.29, 0.717) is 23.2 Å². The molecule has 0 fully saturated rings. The number of hydrogen-bond acceptors (Lipinski definition) is 5. The molecule has 0 bridgehead atoms. The normalized spacial score (nSPS) is 16.5. The van der Waals surface area contributed by atoms with Crippen molar-refractivity contribution in [1.82, 2.24) is 14.8 Å². The molecule has 1 unspecified atom stereocenters. The number of aryl methyl sites for hydroxylation is 1. The lowest BCUT2D eigenvalue weighted by Crippen LogP contribution is -2.27. The zero-order chi connectivity index (χ0) is 18.8. The number of pyridine rings is 1.